The third kappa shape index (κ3) is 4.47. The van der Waals surface area contributed by atoms with Crippen LogP contribution in [-0.2, 0) is 19.4 Å². The van der Waals surface area contributed by atoms with E-state index in [0.29, 0.717) is 19.6 Å². The van der Waals surface area contributed by atoms with E-state index in [9.17, 15) is 13.2 Å². The minimum atomic E-state index is -3.08. The Balaban J connectivity index is 1.58. The van der Waals surface area contributed by atoms with Gasteiger partial charge < -0.3 is 14.4 Å². The van der Waals surface area contributed by atoms with E-state index in [2.05, 4.69) is 0 Å². The van der Waals surface area contributed by atoms with Crippen LogP contribution in [0.25, 0.3) is 10.8 Å². The summed E-state index contributed by atoms with van der Waals surface area (Å²) < 4.78 is 35.2. The summed E-state index contributed by atoms with van der Waals surface area (Å²) in [5.41, 5.74) is 0.927. The molecule has 2 aromatic carbocycles. The Hall–Kier alpha value is -2.12. The van der Waals surface area contributed by atoms with E-state index in [1.54, 1.807) is 12.0 Å². The molecule has 7 heteroatoms. The van der Waals surface area contributed by atoms with Gasteiger partial charge in [0.25, 0.3) is 0 Å². The Morgan fingerprint density at radius 3 is 2.63 bits per heavy atom. The summed E-state index contributed by atoms with van der Waals surface area (Å²) in [6.45, 7) is 3.08. The van der Waals surface area contributed by atoms with Crippen molar-refractivity contribution in [3.63, 3.8) is 0 Å². The highest BCUT2D eigenvalue weighted by atomic mass is 32.2. The molecule has 1 amide bonds. The smallest absolute Gasteiger partial charge is 0.230 e. The molecule has 2 aromatic rings. The van der Waals surface area contributed by atoms with Crippen LogP contribution < -0.4 is 4.74 Å². The van der Waals surface area contributed by atoms with Gasteiger partial charge in [-0.3, -0.25) is 4.79 Å². The third-order valence-corrected chi connectivity index (χ3v) is 8.05. The Labute approximate surface area is 178 Å². The van der Waals surface area contributed by atoms with E-state index in [4.69, 9.17) is 9.47 Å². The summed E-state index contributed by atoms with van der Waals surface area (Å²) in [7, 11) is -1.44. The molecule has 2 aliphatic rings. The molecule has 2 saturated heterocycles. The molecule has 2 fully saturated rings. The van der Waals surface area contributed by atoms with Crippen LogP contribution in [0, 0.1) is 0 Å². The molecule has 0 saturated carbocycles. The summed E-state index contributed by atoms with van der Waals surface area (Å²) in [6, 6.07) is 11.6. The number of amides is 1. The molecule has 0 N–H and O–H groups in total. The van der Waals surface area contributed by atoms with E-state index >= 15 is 0 Å². The van der Waals surface area contributed by atoms with Gasteiger partial charge in [-0.25, -0.2) is 8.42 Å². The lowest BCUT2D eigenvalue weighted by molar-refractivity contribution is -0.136. The summed E-state index contributed by atoms with van der Waals surface area (Å²) in [6.07, 6.45) is 2.40. The number of methoxy groups -OCH3 is 1. The van der Waals surface area contributed by atoms with Crippen molar-refractivity contribution in [3.05, 3.63) is 42.0 Å². The van der Waals surface area contributed by atoms with Crippen molar-refractivity contribution in [1.82, 2.24) is 4.90 Å². The standard InChI is InChI=1S/C23H29NO5S/c1-16(17-5-6-19-13-21(28-2)8-7-18(19)12-17)23(25)24(14-22-4-3-10-29-22)20-9-11-30(26,27)15-20/h5-8,12-13,16,20,22H,3-4,9-11,14-15H2,1-2H3/t16-,20-,22-/m0/s1. The molecule has 0 unspecified atom stereocenters. The minimum Gasteiger partial charge on any atom is -0.497 e. The van der Waals surface area contributed by atoms with Crippen LogP contribution in [-0.4, -0.2) is 63.1 Å². The van der Waals surface area contributed by atoms with E-state index in [1.807, 2.05) is 43.3 Å². The molecule has 0 bridgehead atoms. The summed E-state index contributed by atoms with van der Waals surface area (Å²) in [5.74, 6) is 0.612. The summed E-state index contributed by atoms with van der Waals surface area (Å²) >= 11 is 0. The Morgan fingerprint density at radius 2 is 1.97 bits per heavy atom. The largest absolute Gasteiger partial charge is 0.497 e. The number of hydrogen-bond donors (Lipinski definition) is 0. The van der Waals surface area contributed by atoms with Gasteiger partial charge in [0.2, 0.25) is 5.91 Å². The van der Waals surface area contributed by atoms with Crippen molar-refractivity contribution >= 4 is 26.5 Å². The first-order chi connectivity index (χ1) is 14.4. The molecule has 30 heavy (non-hydrogen) atoms. The minimum absolute atomic E-state index is 0.00600. The van der Waals surface area contributed by atoms with Crippen LogP contribution in [0.5, 0.6) is 5.75 Å². The average molecular weight is 432 g/mol. The zero-order chi connectivity index (χ0) is 21.3. The second-order valence-electron chi connectivity index (χ2n) is 8.38. The normalized spacial score (nSPS) is 24.1. The van der Waals surface area contributed by atoms with Crippen molar-refractivity contribution < 1.29 is 22.7 Å². The molecule has 4 rings (SSSR count). The maximum Gasteiger partial charge on any atom is 0.230 e. The van der Waals surface area contributed by atoms with E-state index < -0.39 is 9.84 Å². The highest BCUT2D eigenvalue weighted by molar-refractivity contribution is 7.91. The number of benzene rings is 2. The van der Waals surface area contributed by atoms with Gasteiger partial charge in [0.1, 0.15) is 5.75 Å². The lowest BCUT2D eigenvalue weighted by Crippen LogP contribution is -2.46. The number of hydrogen-bond acceptors (Lipinski definition) is 5. The number of carbonyl (C=O) groups is 1. The van der Waals surface area contributed by atoms with Crippen LogP contribution in [0.15, 0.2) is 36.4 Å². The van der Waals surface area contributed by atoms with E-state index in [0.717, 1.165) is 34.9 Å². The first-order valence-corrected chi connectivity index (χ1v) is 12.4. The lowest BCUT2D eigenvalue weighted by Gasteiger charge is -2.33. The Morgan fingerprint density at radius 1 is 1.20 bits per heavy atom. The first-order valence-electron chi connectivity index (χ1n) is 10.6. The molecular weight excluding hydrogens is 402 g/mol. The molecule has 2 aliphatic heterocycles. The van der Waals surface area contributed by atoms with Gasteiger partial charge in [-0.05, 0) is 54.7 Å². The monoisotopic (exact) mass is 431 g/mol. The predicted molar refractivity (Wildman–Crippen MR) is 117 cm³/mol. The van der Waals surface area contributed by atoms with Crippen LogP contribution in [0.3, 0.4) is 0 Å². The van der Waals surface area contributed by atoms with Crippen LogP contribution in [0.1, 0.15) is 37.7 Å². The Kier molecular flexibility index (Phi) is 6.02. The number of sulfone groups is 1. The van der Waals surface area contributed by atoms with E-state index in [1.165, 1.54) is 0 Å². The third-order valence-electron chi connectivity index (χ3n) is 6.30. The Bertz CT molecular complexity index is 1030. The molecule has 2 heterocycles. The molecule has 3 atom stereocenters. The van der Waals surface area contributed by atoms with Gasteiger partial charge in [-0.2, -0.15) is 0 Å². The van der Waals surface area contributed by atoms with Gasteiger partial charge in [-0.15, -0.1) is 0 Å². The molecule has 0 aliphatic carbocycles. The molecule has 0 radical (unpaired) electrons. The number of ether oxygens (including phenoxy) is 2. The zero-order valence-electron chi connectivity index (χ0n) is 17.5. The molecular formula is C23H29NO5S. The fraction of sp³-hybridized carbons (Fsp3) is 0.522. The van der Waals surface area contributed by atoms with Gasteiger partial charge in [0.15, 0.2) is 9.84 Å². The quantitative estimate of drug-likeness (QED) is 0.703. The molecule has 162 valence electrons. The molecule has 6 nitrogen and oxygen atoms in total. The van der Waals surface area contributed by atoms with Crippen LogP contribution in [0.2, 0.25) is 0 Å². The maximum absolute atomic E-state index is 13.5. The van der Waals surface area contributed by atoms with Gasteiger partial charge in [0.05, 0.1) is 30.6 Å². The van der Waals surface area contributed by atoms with Crippen LogP contribution >= 0.6 is 0 Å². The zero-order valence-corrected chi connectivity index (χ0v) is 18.4. The number of fused-ring (bicyclic) bond motifs is 1. The maximum atomic E-state index is 13.5. The van der Waals surface area contributed by atoms with Crippen LogP contribution in [0.4, 0.5) is 0 Å². The van der Waals surface area contributed by atoms with Gasteiger partial charge in [0, 0.05) is 19.2 Å². The summed E-state index contributed by atoms with van der Waals surface area (Å²) in [4.78, 5) is 15.3. The number of rotatable bonds is 6. The fourth-order valence-corrected chi connectivity index (χ4v) is 6.21. The second-order valence-corrected chi connectivity index (χ2v) is 10.6. The highest BCUT2D eigenvalue weighted by Crippen LogP contribution is 2.29. The molecule has 0 aromatic heterocycles. The lowest BCUT2D eigenvalue weighted by atomic mass is 9.95. The number of carbonyl (C=O) groups excluding carboxylic acids is 1. The van der Waals surface area contributed by atoms with E-state index in [-0.39, 0.29) is 35.5 Å². The first kappa shape index (κ1) is 21.1. The van der Waals surface area contributed by atoms with Crippen molar-refractivity contribution in [3.8, 4) is 5.75 Å². The predicted octanol–water partition coefficient (Wildman–Crippen LogP) is 3.15. The fourth-order valence-electron chi connectivity index (χ4n) is 4.48. The summed E-state index contributed by atoms with van der Waals surface area (Å²) in [5, 5.41) is 2.10. The molecule has 0 spiro atoms. The average Bonchev–Trinajstić information content (AvgIpc) is 3.39. The van der Waals surface area contributed by atoms with Gasteiger partial charge >= 0.3 is 0 Å². The SMILES string of the molecule is COc1ccc2cc([C@H](C)C(=O)N(C[C@@H]3CCCO3)[C@H]3CCS(=O)(=O)C3)ccc2c1. The van der Waals surface area contributed by atoms with Crippen molar-refractivity contribution in [2.45, 2.75) is 44.2 Å². The van der Waals surface area contributed by atoms with Crippen molar-refractivity contribution in [1.29, 1.82) is 0 Å². The van der Waals surface area contributed by atoms with Crippen molar-refractivity contribution in [2.75, 3.05) is 31.8 Å². The van der Waals surface area contributed by atoms with Gasteiger partial charge in [-0.1, -0.05) is 24.3 Å². The topological polar surface area (TPSA) is 72.9 Å². The van der Waals surface area contributed by atoms with Crippen molar-refractivity contribution in [2.24, 2.45) is 0 Å². The second kappa shape index (κ2) is 8.55. The highest BCUT2D eigenvalue weighted by Gasteiger charge is 2.38. The number of nitrogens with zero attached hydrogens (tertiary/aromatic N) is 1.